The molecular formula is C5H6LiN3O2. The molecule has 0 aliphatic carbocycles. The van der Waals surface area contributed by atoms with E-state index in [1.165, 1.54) is 10.9 Å². The summed E-state index contributed by atoms with van der Waals surface area (Å²) in [5.74, 6) is -1.41. The molecule has 1 rings (SSSR count). The van der Waals surface area contributed by atoms with Crippen molar-refractivity contribution >= 4 is 5.97 Å². The predicted octanol–water partition coefficient (Wildman–Crippen LogP) is -4.33. The van der Waals surface area contributed by atoms with Crippen LogP contribution in [0.3, 0.4) is 0 Å². The van der Waals surface area contributed by atoms with Crippen molar-refractivity contribution < 1.29 is 28.8 Å². The van der Waals surface area contributed by atoms with Gasteiger partial charge in [-0.2, -0.15) is 0 Å². The number of carbonyl (C=O) groups is 1. The van der Waals surface area contributed by atoms with Crippen molar-refractivity contribution in [3.8, 4) is 0 Å². The molecule has 1 aromatic rings. The van der Waals surface area contributed by atoms with Crippen LogP contribution in [0.2, 0.25) is 0 Å². The van der Waals surface area contributed by atoms with Gasteiger partial charge in [-0.3, -0.25) is 0 Å². The molecule has 0 spiro atoms. The van der Waals surface area contributed by atoms with Gasteiger partial charge in [-0.1, -0.05) is 0 Å². The number of hydrogen-bond acceptors (Lipinski definition) is 4. The first-order chi connectivity index (χ1) is 4.75. The minimum absolute atomic E-state index is 0. The Morgan fingerprint density at radius 2 is 2.45 bits per heavy atom. The number of carboxylic acids is 1. The first kappa shape index (κ1) is 10.2. The SMILES string of the molecule is CCn1cnnc1C(=O)[O-].[Li+]. The molecule has 0 fully saturated rings. The van der Waals surface area contributed by atoms with Crippen molar-refractivity contribution in [3.05, 3.63) is 12.2 Å². The fourth-order valence-electron chi connectivity index (χ4n) is 0.644. The Hall–Kier alpha value is -0.793. The van der Waals surface area contributed by atoms with Gasteiger partial charge in [0, 0.05) is 6.54 Å². The Morgan fingerprint density at radius 1 is 1.82 bits per heavy atom. The molecule has 0 bridgehead atoms. The first-order valence-corrected chi connectivity index (χ1v) is 2.85. The summed E-state index contributed by atoms with van der Waals surface area (Å²) < 4.78 is 1.40. The van der Waals surface area contributed by atoms with E-state index >= 15 is 0 Å². The van der Waals surface area contributed by atoms with Crippen LogP contribution in [-0.2, 0) is 6.54 Å². The van der Waals surface area contributed by atoms with Crippen molar-refractivity contribution in [2.45, 2.75) is 13.5 Å². The molecule has 11 heavy (non-hydrogen) atoms. The monoisotopic (exact) mass is 147 g/mol. The third-order valence-corrected chi connectivity index (χ3v) is 1.14. The summed E-state index contributed by atoms with van der Waals surface area (Å²) in [5.41, 5.74) is 0. The van der Waals surface area contributed by atoms with Gasteiger partial charge in [0.2, 0.25) is 0 Å². The summed E-state index contributed by atoms with van der Waals surface area (Å²) in [6, 6.07) is 0. The number of rotatable bonds is 2. The maximum absolute atomic E-state index is 10.2. The minimum atomic E-state index is -1.29. The third kappa shape index (κ3) is 2.07. The van der Waals surface area contributed by atoms with E-state index in [2.05, 4.69) is 10.2 Å². The number of aromatic nitrogens is 3. The van der Waals surface area contributed by atoms with E-state index < -0.39 is 5.97 Å². The average Bonchev–Trinajstić information content (AvgIpc) is 2.33. The molecule has 6 heteroatoms. The molecule has 1 aromatic heterocycles. The van der Waals surface area contributed by atoms with Gasteiger partial charge < -0.3 is 14.5 Å². The van der Waals surface area contributed by atoms with Gasteiger partial charge in [-0.05, 0) is 6.92 Å². The van der Waals surface area contributed by atoms with E-state index in [0.29, 0.717) is 6.54 Å². The van der Waals surface area contributed by atoms with Crippen LogP contribution >= 0.6 is 0 Å². The summed E-state index contributed by atoms with van der Waals surface area (Å²) in [6.45, 7) is 2.34. The molecule has 0 aromatic carbocycles. The zero-order valence-electron chi connectivity index (χ0n) is 6.44. The number of hydrogen-bond donors (Lipinski definition) is 0. The van der Waals surface area contributed by atoms with Crippen LogP contribution in [0, 0.1) is 0 Å². The number of aromatic carboxylic acids is 1. The maximum Gasteiger partial charge on any atom is 1.00 e. The van der Waals surface area contributed by atoms with Crippen LogP contribution < -0.4 is 24.0 Å². The molecule has 0 saturated carbocycles. The Bertz CT molecular complexity index is 248. The van der Waals surface area contributed by atoms with Gasteiger partial charge in [-0.25, -0.2) is 0 Å². The zero-order chi connectivity index (χ0) is 7.56. The Kier molecular flexibility index (Phi) is 3.86. The first-order valence-electron chi connectivity index (χ1n) is 2.85. The van der Waals surface area contributed by atoms with Crippen LogP contribution in [0.1, 0.15) is 17.5 Å². The van der Waals surface area contributed by atoms with Crippen LogP contribution in [0.25, 0.3) is 0 Å². The van der Waals surface area contributed by atoms with Crippen molar-refractivity contribution in [1.29, 1.82) is 0 Å². The molecule has 0 N–H and O–H groups in total. The Labute approximate surface area is 75.6 Å². The molecule has 0 atom stereocenters. The summed E-state index contributed by atoms with van der Waals surface area (Å²) >= 11 is 0. The quantitative estimate of drug-likeness (QED) is 0.396. The summed E-state index contributed by atoms with van der Waals surface area (Å²) in [4.78, 5) is 10.2. The second-order valence-corrected chi connectivity index (χ2v) is 1.73. The summed E-state index contributed by atoms with van der Waals surface area (Å²) in [6.07, 6.45) is 1.35. The van der Waals surface area contributed by atoms with Gasteiger partial charge in [-0.15, -0.1) is 10.2 Å². The zero-order valence-corrected chi connectivity index (χ0v) is 6.44. The molecular weight excluding hydrogens is 141 g/mol. The Morgan fingerprint density at radius 3 is 2.82 bits per heavy atom. The molecule has 5 nitrogen and oxygen atoms in total. The second-order valence-electron chi connectivity index (χ2n) is 1.73. The van der Waals surface area contributed by atoms with E-state index in [4.69, 9.17) is 0 Å². The van der Waals surface area contributed by atoms with Crippen LogP contribution in [0.4, 0.5) is 0 Å². The average molecular weight is 147 g/mol. The van der Waals surface area contributed by atoms with Crippen LogP contribution in [0.15, 0.2) is 6.33 Å². The van der Waals surface area contributed by atoms with E-state index in [9.17, 15) is 9.90 Å². The van der Waals surface area contributed by atoms with Gasteiger partial charge in [0.1, 0.15) is 12.3 Å². The van der Waals surface area contributed by atoms with Gasteiger partial charge in [0.05, 0.1) is 0 Å². The van der Waals surface area contributed by atoms with E-state index in [0.717, 1.165) is 0 Å². The normalized spacial score (nSPS) is 8.82. The summed E-state index contributed by atoms with van der Waals surface area (Å²) in [5, 5.41) is 17.0. The van der Waals surface area contributed by atoms with E-state index in [1.807, 2.05) is 0 Å². The predicted molar refractivity (Wildman–Crippen MR) is 30.0 cm³/mol. The van der Waals surface area contributed by atoms with Gasteiger partial charge in [0.15, 0.2) is 5.82 Å². The van der Waals surface area contributed by atoms with E-state index in [1.54, 1.807) is 6.92 Å². The van der Waals surface area contributed by atoms with Gasteiger partial charge in [0.25, 0.3) is 0 Å². The van der Waals surface area contributed by atoms with Crippen molar-refractivity contribution in [2.75, 3.05) is 0 Å². The largest absolute Gasteiger partial charge is 1.00 e. The number of carbonyl (C=O) groups excluding carboxylic acids is 1. The summed E-state index contributed by atoms with van der Waals surface area (Å²) in [7, 11) is 0. The topological polar surface area (TPSA) is 70.8 Å². The fourth-order valence-corrected chi connectivity index (χ4v) is 0.644. The third-order valence-electron chi connectivity index (χ3n) is 1.14. The molecule has 0 amide bonds. The molecule has 0 unspecified atom stereocenters. The van der Waals surface area contributed by atoms with Crippen LogP contribution in [0.5, 0.6) is 0 Å². The van der Waals surface area contributed by atoms with Crippen molar-refractivity contribution in [3.63, 3.8) is 0 Å². The number of nitrogens with zero attached hydrogens (tertiary/aromatic N) is 3. The van der Waals surface area contributed by atoms with Crippen molar-refractivity contribution in [1.82, 2.24) is 14.8 Å². The Balaban J connectivity index is 0.000001000. The standard InChI is InChI=1S/C5H7N3O2.Li/c1-2-8-3-6-7-4(8)5(9)10;/h3H,2H2,1H3,(H,9,10);/q;+1/p-1. The number of aryl methyl sites for hydroxylation is 1. The van der Waals surface area contributed by atoms with Gasteiger partial charge >= 0.3 is 18.9 Å². The maximum atomic E-state index is 10.2. The molecule has 0 saturated heterocycles. The van der Waals surface area contributed by atoms with Crippen molar-refractivity contribution in [2.24, 2.45) is 0 Å². The molecule has 0 aliphatic rings. The minimum Gasteiger partial charge on any atom is -0.541 e. The fraction of sp³-hybridized carbons (Fsp3) is 0.400. The smallest absolute Gasteiger partial charge is 0.541 e. The number of carboxylic acid groups (broad SMARTS) is 1. The molecule has 54 valence electrons. The van der Waals surface area contributed by atoms with E-state index in [-0.39, 0.29) is 24.7 Å². The molecule has 1 heterocycles. The molecule has 0 aliphatic heterocycles. The molecule has 0 radical (unpaired) electrons. The van der Waals surface area contributed by atoms with Crippen LogP contribution in [-0.4, -0.2) is 20.7 Å². The second kappa shape index (κ2) is 4.16.